The van der Waals surface area contributed by atoms with Crippen LogP contribution in [0.15, 0.2) is 30.3 Å². The van der Waals surface area contributed by atoms with Gasteiger partial charge in [0.05, 0.1) is 40.6 Å². The van der Waals surface area contributed by atoms with Crippen LogP contribution in [0.3, 0.4) is 0 Å². The summed E-state index contributed by atoms with van der Waals surface area (Å²) in [6, 6.07) is 10.1. The summed E-state index contributed by atoms with van der Waals surface area (Å²) in [4.78, 5) is 2.48. The Labute approximate surface area is 172 Å². The first-order valence-electron chi connectivity index (χ1n) is 9.99. The van der Waals surface area contributed by atoms with Crippen LogP contribution in [0.5, 0.6) is 23.0 Å². The fraction of sp³-hybridized carbons (Fsp3) is 0.478. The molecule has 0 radical (unpaired) electrons. The number of methoxy groups -OCH3 is 4. The van der Waals surface area contributed by atoms with Gasteiger partial charge in [0, 0.05) is 37.2 Å². The second-order valence-electron chi connectivity index (χ2n) is 7.51. The van der Waals surface area contributed by atoms with E-state index in [4.69, 9.17) is 23.7 Å². The molecule has 29 heavy (non-hydrogen) atoms. The second-order valence-corrected chi connectivity index (χ2v) is 7.51. The zero-order valence-electron chi connectivity index (χ0n) is 17.6. The van der Waals surface area contributed by atoms with E-state index < -0.39 is 0 Å². The van der Waals surface area contributed by atoms with E-state index in [-0.39, 0.29) is 12.2 Å². The van der Waals surface area contributed by atoms with Gasteiger partial charge in [-0.1, -0.05) is 6.07 Å². The second kappa shape index (κ2) is 8.51. The van der Waals surface area contributed by atoms with E-state index in [1.54, 1.807) is 28.4 Å². The van der Waals surface area contributed by atoms with Gasteiger partial charge in [0.1, 0.15) is 11.5 Å². The number of ether oxygens (including phenoxy) is 5. The van der Waals surface area contributed by atoms with Gasteiger partial charge in [-0.05, 0) is 36.2 Å². The summed E-state index contributed by atoms with van der Waals surface area (Å²) in [5.41, 5.74) is 3.60. The van der Waals surface area contributed by atoms with Crippen molar-refractivity contribution in [2.24, 2.45) is 0 Å². The molecule has 2 aliphatic rings. The highest BCUT2D eigenvalue weighted by Crippen LogP contribution is 2.43. The van der Waals surface area contributed by atoms with Crippen LogP contribution in [0.25, 0.3) is 0 Å². The highest BCUT2D eigenvalue weighted by atomic mass is 16.5. The Kier molecular flexibility index (Phi) is 5.83. The molecular weight excluding hydrogens is 370 g/mol. The SMILES string of the molecule is COc1ccc(CCN2C[C@H]3Cc4c(OC)ccc(OC)c4[C@@H](C2)O3)cc1OC. The Bertz CT molecular complexity index is 869. The van der Waals surface area contributed by atoms with Crippen molar-refractivity contribution in [3.05, 3.63) is 47.0 Å². The zero-order valence-corrected chi connectivity index (χ0v) is 17.6. The molecule has 0 spiro atoms. The van der Waals surface area contributed by atoms with E-state index in [0.717, 1.165) is 61.0 Å². The molecule has 2 bridgehead atoms. The Morgan fingerprint density at radius 1 is 0.862 bits per heavy atom. The molecule has 0 amide bonds. The third-order valence-corrected chi connectivity index (χ3v) is 5.87. The first kappa shape index (κ1) is 19.9. The third-order valence-electron chi connectivity index (χ3n) is 5.87. The zero-order chi connectivity index (χ0) is 20.4. The Balaban J connectivity index is 1.49. The molecule has 156 valence electrons. The van der Waals surface area contributed by atoms with Crippen LogP contribution in [-0.4, -0.2) is 59.1 Å². The predicted molar refractivity (Wildman–Crippen MR) is 111 cm³/mol. The smallest absolute Gasteiger partial charge is 0.160 e. The van der Waals surface area contributed by atoms with Crippen LogP contribution >= 0.6 is 0 Å². The molecule has 2 aromatic carbocycles. The Morgan fingerprint density at radius 3 is 2.28 bits per heavy atom. The Morgan fingerprint density at radius 2 is 1.55 bits per heavy atom. The molecule has 0 saturated carbocycles. The van der Waals surface area contributed by atoms with Gasteiger partial charge in [0.2, 0.25) is 0 Å². The van der Waals surface area contributed by atoms with Gasteiger partial charge in [-0.2, -0.15) is 0 Å². The van der Waals surface area contributed by atoms with Gasteiger partial charge in [-0.25, -0.2) is 0 Å². The number of benzene rings is 2. The van der Waals surface area contributed by atoms with Crippen LogP contribution in [0.2, 0.25) is 0 Å². The maximum absolute atomic E-state index is 6.33. The number of rotatable bonds is 7. The highest BCUT2D eigenvalue weighted by molar-refractivity contribution is 5.52. The van der Waals surface area contributed by atoms with E-state index in [0.29, 0.717) is 0 Å². The molecule has 2 aliphatic heterocycles. The van der Waals surface area contributed by atoms with Gasteiger partial charge in [0.15, 0.2) is 11.5 Å². The predicted octanol–water partition coefficient (Wildman–Crippen LogP) is 3.26. The largest absolute Gasteiger partial charge is 0.496 e. The van der Waals surface area contributed by atoms with Crippen molar-refractivity contribution in [2.75, 3.05) is 48.1 Å². The van der Waals surface area contributed by atoms with Crippen molar-refractivity contribution in [1.29, 1.82) is 0 Å². The summed E-state index contributed by atoms with van der Waals surface area (Å²) >= 11 is 0. The molecule has 1 fully saturated rings. The first-order valence-corrected chi connectivity index (χ1v) is 9.99. The van der Waals surface area contributed by atoms with Gasteiger partial charge >= 0.3 is 0 Å². The van der Waals surface area contributed by atoms with Gasteiger partial charge < -0.3 is 23.7 Å². The van der Waals surface area contributed by atoms with Gasteiger partial charge in [-0.3, -0.25) is 4.90 Å². The molecule has 1 saturated heterocycles. The summed E-state index contributed by atoms with van der Waals surface area (Å²) in [5.74, 6) is 3.34. The fourth-order valence-electron chi connectivity index (χ4n) is 4.48. The van der Waals surface area contributed by atoms with Gasteiger partial charge in [0.25, 0.3) is 0 Å². The quantitative estimate of drug-likeness (QED) is 0.712. The van der Waals surface area contributed by atoms with Crippen LogP contribution in [0.4, 0.5) is 0 Å². The van der Waals surface area contributed by atoms with E-state index in [1.165, 1.54) is 11.1 Å². The fourth-order valence-corrected chi connectivity index (χ4v) is 4.48. The summed E-state index contributed by atoms with van der Waals surface area (Å²) in [7, 11) is 6.77. The topological polar surface area (TPSA) is 49.4 Å². The lowest BCUT2D eigenvalue weighted by molar-refractivity contribution is -0.0971. The molecule has 6 nitrogen and oxygen atoms in total. The summed E-state index contributed by atoms with van der Waals surface area (Å²) in [6.07, 6.45) is 1.97. The standard InChI is InChI=1S/C23H29NO5/c1-25-18-7-8-20(27-3)23-17(18)12-16-13-24(14-22(23)29-16)10-9-15-5-6-19(26-2)21(11-15)28-4/h5-8,11,16,22H,9-10,12-14H2,1-4H3/t16-,22-/m1/s1. The number of nitrogens with zero attached hydrogens (tertiary/aromatic N) is 1. The van der Waals surface area contributed by atoms with Crippen molar-refractivity contribution in [2.45, 2.75) is 25.0 Å². The minimum Gasteiger partial charge on any atom is -0.496 e. The normalized spacial score (nSPS) is 20.7. The number of fused-ring (bicyclic) bond motifs is 4. The lowest BCUT2D eigenvalue weighted by Gasteiger charge is -2.43. The van der Waals surface area contributed by atoms with Gasteiger partial charge in [-0.15, -0.1) is 0 Å². The van der Waals surface area contributed by atoms with Crippen molar-refractivity contribution >= 4 is 0 Å². The molecule has 0 unspecified atom stereocenters. The summed E-state index contributed by atoms with van der Waals surface area (Å²) < 4.78 is 28.3. The maximum Gasteiger partial charge on any atom is 0.160 e. The maximum atomic E-state index is 6.33. The molecule has 6 heteroatoms. The molecule has 2 aromatic rings. The van der Waals surface area contributed by atoms with Crippen molar-refractivity contribution in [1.82, 2.24) is 4.90 Å². The van der Waals surface area contributed by atoms with Crippen molar-refractivity contribution in [3.63, 3.8) is 0 Å². The van der Waals surface area contributed by atoms with Crippen molar-refractivity contribution < 1.29 is 23.7 Å². The van der Waals surface area contributed by atoms with Crippen LogP contribution in [0.1, 0.15) is 22.8 Å². The molecule has 0 N–H and O–H groups in total. The summed E-state index contributed by atoms with van der Waals surface area (Å²) in [5, 5.41) is 0. The van der Waals surface area contributed by atoms with E-state index in [2.05, 4.69) is 17.0 Å². The number of hydrogen-bond acceptors (Lipinski definition) is 6. The number of morpholine rings is 1. The Hall–Kier alpha value is -2.44. The molecular formula is C23H29NO5. The molecule has 2 atom stereocenters. The molecule has 2 heterocycles. The summed E-state index contributed by atoms with van der Waals surface area (Å²) in [6.45, 7) is 2.73. The lowest BCUT2D eigenvalue weighted by atomic mass is 9.89. The lowest BCUT2D eigenvalue weighted by Crippen LogP contribution is -2.48. The van der Waals surface area contributed by atoms with Crippen LogP contribution < -0.4 is 18.9 Å². The first-order chi connectivity index (χ1) is 14.2. The molecule has 0 aromatic heterocycles. The van der Waals surface area contributed by atoms with E-state index >= 15 is 0 Å². The average molecular weight is 399 g/mol. The third kappa shape index (κ3) is 3.87. The highest BCUT2D eigenvalue weighted by Gasteiger charge is 2.38. The molecule has 0 aliphatic carbocycles. The monoisotopic (exact) mass is 399 g/mol. The molecule has 4 rings (SSSR count). The van der Waals surface area contributed by atoms with E-state index in [1.807, 2.05) is 18.2 Å². The number of hydrogen-bond donors (Lipinski definition) is 0. The van der Waals surface area contributed by atoms with Crippen LogP contribution in [0, 0.1) is 0 Å². The van der Waals surface area contributed by atoms with Crippen LogP contribution in [-0.2, 0) is 17.6 Å². The van der Waals surface area contributed by atoms with E-state index in [9.17, 15) is 0 Å². The van der Waals surface area contributed by atoms with Crippen molar-refractivity contribution in [3.8, 4) is 23.0 Å². The average Bonchev–Trinajstić information content (AvgIpc) is 2.76. The minimum absolute atomic E-state index is 0.00736. The minimum atomic E-state index is 0.00736.